The van der Waals surface area contributed by atoms with Gasteiger partial charge in [0, 0.05) is 5.88 Å². The zero-order valence-electron chi connectivity index (χ0n) is 10.2. The molecule has 0 saturated carbocycles. The Morgan fingerprint density at radius 3 is 2.44 bits per heavy atom. The summed E-state index contributed by atoms with van der Waals surface area (Å²) in [7, 11) is 0. The van der Waals surface area contributed by atoms with Crippen LogP contribution in [0.4, 0.5) is 0 Å². The molecule has 1 atom stereocenters. The number of benzene rings is 1. The summed E-state index contributed by atoms with van der Waals surface area (Å²) in [6, 6.07) is 9.94. The Morgan fingerprint density at radius 2 is 1.88 bits per heavy atom. The highest BCUT2D eigenvalue weighted by molar-refractivity contribution is 6.18. The standard InChI is InChI=1S/C14H21ClO/c1-3-9-14(2,12-15)10-11-16-13-7-5-4-6-8-13/h4-8H,3,9-12H2,1-2H3. The number of para-hydroxylation sites is 1. The van der Waals surface area contributed by atoms with E-state index in [4.69, 9.17) is 16.3 Å². The van der Waals surface area contributed by atoms with E-state index in [1.165, 1.54) is 6.42 Å². The van der Waals surface area contributed by atoms with E-state index in [1.807, 2.05) is 30.3 Å². The van der Waals surface area contributed by atoms with Gasteiger partial charge in [-0.05, 0) is 30.4 Å². The van der Waals surface area contributed by atoms with Crippen LogP contribution in [-0.4, -0.2) is 12.5 Å². The van der Waals surface area contributed by atoms with Crippen molar-refractivity contribution >= 4 is 11.6 Å². The normalized spacial score (nSPS) is 14.4. The van der Waals surface area contributed by atoms with Crippen molar-refractivity contribution in [2.45, 2.75) is 33.1 Å². The largest absolute Gasteiger partial charge is 0.494 e. The minimum absolute atomic E-state index is 0.213. The molecule has 1 nitrogen and oxygen atoms in total. The fourth-order valence-electron chi connectivity index (χ4n) is 1.79. The molecule has 1 aromatic rings. The van der Waals surface area contributed by atoms with E-state index in [0.717, 1.165) is 25.2 Å². The van der Waals surface area contributed by atoms with Gasteiger partial charge in [-0.3, -0.25) is 0 Å². The van der Waals surface area contributed by atoms with E-state index in [-0.39, 0.29) is 5.41 Å². The smallest absolute Gasteiger partial charge is 0.119 e. The minimum Gasteiger partial charge on any atom is -0.494 e. The second kappa shape index (κ2) is 6.80. The van der Waals surface area contributed by atoms with E-state index < -0.39 is 0 Å². The number of hydrogen-bond donors (Lipinski definition) is 0. The monoisotopic (exact) mass is 240 g/mol. The van der Waals surface area contributed by atoms with Gasteiger partial charge in [0.05, 0.1) is 6.61 Å². The van der Waals surface area contributed by atoms with Crippen molar-refractivity contribution < 1.29 is 4.74 Å². The van der Waals surface area contributed by atoms with Crippen molar-refractivity contribution in [2.24, 2.45) is 5.41 Å². The first-order valence-electron chi connectivity index (χ1n) is 5.94. The Bertz CT molecular complexity index is 286. The predicted octanol–water partition coefficient (Wildman–Crippen LogP) is 4.50. The summed E-state index contributed by atoms with van der Waals surface area (Å²) in [5.41, 5.74) is 0.213. The van der Waals surface area contributed by atoms with Crippen LogP contribution in [0, 0.1) is 5.41 Å². The van der Waals surface area contributed by atoms with Crippen LogP contribution in [0.25, 0.3) is 0 Å². The molecular formula is C14H21ClO. The molecule has 0 aliphatic rings. The van der Waals surface area contributed by atoms with Gasteiger partial charge < -0.3 is 4.74 Å². The van der Waals surface area contributed by atoms with Gasteiger partial charge in [0.25, 0.3) is 0 Å². The molecule has 0 fully saturated rings. The molecule has 0 bridgehead atoms. The summed E-state index contributed by atoms with van der Waals surface area (Å²) in [6.07, 6.45) is 3.35. The van der Waals surface area contributed by atoms with Gasteiger partial charge in [0.2, 0.25) is 0 Å². The number of alkyl halides is 1. The number of hydrogen-bond acceptors (Lipinski definition) is 1. The van der Waals surface area contributed by atoms with Gasteiger partial charge in [0.1, 0.15) is 5.75 Å². The fraction of sp³-hybridized carbons (Fsp3) is 0.571. The summed E-state index contributed by atoms with van der Waals surface area (Å²) >= 11 is 6.01. The highest BCUT2D eigenvalue weighted by Crippen LogP contribution is 2.29. The lowest BCUT2D eigenvalue weighted by atomic mass is 9.85. The van der Waals surface area contributed by atoms with Crippen LogP contribution in [0.1, 0.15) is 33.1 Å². The van der Waals surface area contributed by atoms with Crippen LogP contribution in [0.5, 0.6) is 5.75 Å². The Kier molecular flexibility index (Phi) is 5.68. The molecule has 0 heterocycles. The Labute approximate surface area is 104 Å². The van der Waals surface area contributed by atoms with Gasteiger partial charge in [-0.2, -0.15) is 0 Å². The van der Waals surface area contributed by atoms with Crippen molar-refractivity contribution in [1.29, 1.82) is 0 Å². The fourth-order valence-corrected chi connectivity index (χ4v) is 2.06. The first-order valence-corrected chi connectivity index (χ1v) is 6.47. The second-order valence-corrected chi connectivity index (χ2v) is 4.87. The maximum atomic E-state index is 6.01. The van der Waals surface area contributed by atoms with Crippen molar-refractivity contribution in [3.8, 4) is 5.75 Å². The predicted molar refractivity (Wildman–Crippen MR) is 70.3 cm³/mol. The lowest BCUT2D eigenvalue weighted by Crippen LogP contribution is -2.21. The van der Waals surface area contributed by atoms with Crippen molar-refractivity contribution in [1.82, 2.24) is 0 Å². The zero-order chi connectivity index (χ0) is 11.9. The van der Waals surface area contributed by atoms with Crippen molar-refractivity contribution in [2.75, 3.05) is 12.5 Å². The molecule has 0 saturated heterocycles. The Balaban J connectivity index is 2.34. The summed E-state index contributed by atoms with van der Waals surface area (Å²) in [5, 5.41) is 0. The van der Waals surface area contributed by atoms with E-state index in [1.54, 1.807) is 0 Å². The van der Waals surface area contributed by atoms with Crippen molar-refractivity contribution in [3.05, 3.63) is 30.3 Å². The number of ether oxygens (including phenoxy) is 1. The summed E-state index contributed by atoms with van der Waals surface area (Å²) in [5.74, 6) is 1.65. The van der Waals surface area contributed by atoms with Crippen LogP contribution in [0.3, 0.4) is 0 Å². The Hall–Kier alpha value is -0.690. The lowest BCUT2D eigenvalue weighted by Gasteiger charge is -2.26. The number of rotatable bonds is 7. The van der Waals surface area contributed by atoms with Crippen LogP contribution < -0.4 is 4.74 Å². The first-order chi connectivity index (χ1) is 7.70. The van der Waals surface area contributed by atoms with Crippen LogP contribution >= 0.6 is 11.6 Å². The van der Waals surface area contributed by atoms with E-state index in [9.17, 15) is 0 Å². The average molecular weight is 241 g/mol. The average Bonchev–Trinajstić information content (AvgIpc) is 2.31. The maximum absolute atomic E-state index is 6.01. The third kappa shape index (κ3) is 4.44. The summed E-state index contributed by atoms with van der Waals surface area (Å²) in [6.45, 7) is 5.17. The molecule has 2 heteroatoms. The molecule has 0 aromatic heterocycles. The van der Waals surface area contributed by atoms with Crippen LogP contribution in [0.2, 0.25) is 0 Å². The SMILES string of the molecule is CCCC(C)(CCl)CCOc1ccccc1. The summed E-state index contributed by atoms with van der Waals surface area (Å²) in [4.78, 5) is 0. The molecule has 0 amide bonds. The third-order valence-electron chi connectivity index (χ3n) is 2.89. The Morgan fingerprint density at radius 1 is 1.19 bits per heavy atom. The zero-order valence-corrected chi connectivity index (χ0v) is 11.0. The first kappa shape index (κ1) is 13.4. The lowest BCUT2D eigenvalue weighted by molar-refractivity contribution is 0.219. The van der Waals surface area contributed by atoms with Gasteiger partial charge in [0.15, 0.2) is 0 Å². The molecule has 1 aromatic carbocycles. The summed E-state index contributed by atoms with van der Waals surface area (Å²) < 4.78 is 5.69. The van der Waals surface area contributed by atoms with Crippen LogP contribution in [0.15, 0.2) is 30.3 Å². The van der Waals surface area contributed by atoms with Gasteiger partial charge >= 0.3 is 0 Å². The molecule has 1 unspecified atom stereocenters. The molecule has 0 aliphatic carbocycles. The minimum atomic E-state index is 0.213. The van der Waals surface area contributed by atoms with E-state index >= 15 is 0 Å². The molecule has 16 heavy (non-hydrogen) atoms. The van der Waals surface area contributed by atoms with E-state index in [2.05, 4.69) is 13.8 Å². The molecule has 90 valence electrons. The highest BCUT2D eigenvalue weighted by Gasteiger charge is 2.21. The molecular weight excluding hydrogens is 220 g/mol. The third-order valence-corrected chi connectivity index (χ3v) is 3.54. The van der Waals surface area contributed by atoms with Crippen LogP contribution in [-0.2, 0) is 0 Å². The van der Waals surface area contributed by atoms with Gasteiger partial charge in [-0.25, -0.2) is 0 Å². The molecule has 0 spiro atoms. The van der Waals surface area contributed by atoms with Crippen molar-refractivity contribution in [3.63, 3.8) is 0 Å². The topological polar surface area (TPSA) is 9.23 Å². The molecule has 1 rings (SSSR count). The second-order valence-electron chi connectivity index (χ2n) is 4.61. The van der Waals surface area contributed by atoms with E-state index in [0.29, 0.717) is 5.88 Å². The molecule has 0 N–H and O–H groups in total. The van der Waals surface area contributed by atoms with Gasteiger partial charge in [-0.15, -0.1) is 11.6 Å². The quantitative estimate of drug-likeness (QED) is 0.638. The molecule has 0 radical (unpaired) electrons. The molecule has 0 aliphatic heterocycles. The maximum Gasteiger partial charge on any atom is 0.119 e. The highest BCUT2D eigenvalue weighted by atomic mass is 35.5. The number of halogens is 1. The van der Waals surface area contributed by atoms with Gasteiger partial charge in [-0.1, -0.05) is 38.5 Å².